The maximum Gasteiger partial charge on any atom is 0.153 e. The molecule has 1 heterocycles. The topological polar surface area (TPSA) is 42.9 Å². The van der Waals surface area contributed by atoms with Gasteiger partial charge in [-0.3, -0.25) is 4.79 Å². The van der Waals surface area contributed by atoms with Crippen LogP contribution in [0.5, 0.6) is 0 Å². The maximum absolute atomic E-state index is 10.7. The van der Waals surface area contributed by atoms with E-state index >= 15 is 0 Å². The summed E-state index contributed by atoms with van der Waals surface area (Å²) in [6.07, 6.45) is 12.3. The first-order valence-corrected chi connectivity index (χ1v) is 7.05. The highest BCUT2D eigenvalue weighted by molar-refractivity contribution is 5.73. The monoisotopic (exact) mass is 242 g/mol. The van der Waals surface area contributed by atoms with Gasteiger partial charge in [-0.25, -0.2) is 9.97 Å². The van der Waals surface area contributed by atoms with Crippen molar-refractivity contribution in [3.8, 4) is 0 Å². The number of nitrogens with zero attached hydrogens (tertiary/aromatic N) is 2. The van der Waals surface area contributed by atoms with Gasteiger partial charge in [-0.15, -0.1) is 0 Å². The summed E-state index contributed by atoms with van der Waals surface area (Å²) in [6, 6.07) is 0. The molecule has 0 spiro atoms. The number of aldehydes is 1. The summed E-state index contributed by atoms with van der Waals surface area (Å²) in [6.45, 7) is 0. The summed E-state index contributed by atoms with van der Waals surface area (Å²) in [5.74, 6) is 3.73. The SMILES string of the molecule is O=Cc1cnc(C23CC4CC(CC(C4)C2)C3)nc1. The van der Waals surface area contributed by atoms with Crippen LogP contribution in [0.25, 0.3) is 0 Å². The number of carbonyl (C=O) groups is 1. The zero-order valence-corrected chi connectivity index (χ0v) is 10.5. The number of rotatable bonds is 2. The Labute approximate surface area is 107 Å². The standard InChI is InChI=1S/C15H18N2O/c18-9-13-7-16-14(17-8-13)15-4-10-1-11(5-15)3-12(2-10)6-15/h7-12H,1-6H2. The van der Waals surface area contributed by atoms with E-state index in [9.17, 15) is 4.79 Å². The van der Waals surface area contributed by atoms with Crippen molar-refractivity contribution in [1.29, 1.82) is 0 Å². The molecule has 3 nitrogen and oxygen atoms in total. The summed E-state index contributed by atoms with van der Waals surface area (Å²) in [4.78, 5) is 19.7. The third kappa shape index (κ3) is 1.46. The molecular weight excluding hydrogens is 224 g/mol. The molecule has 4 aliphatic rings. The minimum absolute atomic E-state index is 0.246. The Bertz CT molecular complexity index is 444. The Morgan fingerprint density at radius 3 is 1.94 bits per heavy atom. The largest absolute Gasteiger partial charge is 0.298 e. The van der Waals surface area contributed by atoms with Crippen LogP contribution in [0.1, 0.15) is 54.7 Å². The van der Waals surface area contributed by atoms with Gasteiger partial charge in [0.15, 0.2) is 6.29 Å². The fourth-order valence-corrected chi connectivity index (χ4v) is 5.06. The van der Waals surface area contributed by atoms with Gasteiger partial charge in [0, 0.05) is 17.8 Å². The molecule has 0 N–H and O–H groups in total. The first-order valence-electron chi connectivity index (χ1n) is 7.05. The van der Waals surface area contributed by atoms with Gasteiger partial charge in [0.05, 0.1) is 5.56 Å². The molecule has 1 aromatic rings. The van der Waals surface area contributed by atoms with Gasteiger partial charge in [-0.1, -0.05) is 0 Å². The molecule has 0 atom stereocenters. The Kier molecular flexibility index (Phi) is 2.14. The molecule has 0 aromatic carbocycles. The summed E-state index contributed by atoms with van der Waals surface area (Å²) >= 11 is 0. The average Bonchev–Trinajstić information content (AvgIpc) is 2.37. The van der Waals surface area contributed by atoms with Crippen LogP contribution in [0.3, 0.4) is 0 Å². The van der Waals surface area contributed by atoms with Crippen LogP contribution in [0, 0.1) is 17.8 Å². The lowest BCUT2D eigenvalue weighted by Gasteiger charge is -2.55. The van der Waals surface area contributed by atoms with E-state index in [-0.39, 0.29) is 5.41 Å². The normalized spacial score (nSPS) is 41.0. The number of hydrogen-bond acceptors (Lipinski definition) is 3. The van der Waals surface area contributed by atoms with Crippen LogP contribution in [-0.2, 0) is 5.41 Å². The zero-order chi connectivity index (χ0) is 12.2. The predicted octanol–water partition coefficient (Wildman–Crippen LogP) is 2.76. The first-order chi connectivity index (χ1) is 8.77. The first kappa shape index (κ1) is 10.7. The summed E-state index contributed by atoms with van der Waals surface area (Å²) < 4.78 is 0. The molecule has 0 unspecified atom stereocenters. The highest BCUT2D eigenvalue weighted by Gasteiger charge is 2.52. The second kappa shape index (κ2) is 3.62. The summed E-state index contributed by atoms with van der Waals surface area (Å²) in [7, 11) is 0. The van der Waals surface area contributed by atoms with Gasteiger partial charge in [0.25, 0.3) is 0 Å². The molecule has 4 saturated carbocycles. The molecule has 0 aliphatic heterocycles. The van der Waals surface area contributed by atoms with E-state index in [1.807, 2.05) is 0 Å². The van der Waals surface area contributed by atoms with Crippen molar-refractivity contribution in [3.63, 3.8) is 0 Å². The lowest BCUT2D eigenvalue weighted by molar-refractivity contribution is -0.00942. The molecule has 1 aromatic heterocycles. The Hall–Kier alpha value is -1.25. The highest BCUT2D eigenvalue weighted by atomic mass is 16.1. The van der Waals surface area contributed by atoms with Gasteiger partial charge >= 0.3 is 0 Å². The number of aromatic nitrogens is 2. The van der Waals surface area contributed by atoms with Crippen LogP contribution in [0.4, 0.5) is 0 Å². The highest BCUT2D eigenvalue weighted by Crippen LogP contribution is 2.59. The predicted molar refractivity (Wildman–Crippen MR) is 67.3 cm³/mol. The fourth-order valence-electron chi connectivity index (χ4n) is 5.06. The number of carbonyl (C=O) groups excluding carboxylic acids is 1. The summed E-state index contributed by atoms with van der Waals surface area (Å²) in [5.41, 5.74) is 0.833. The third-order valence-electron chi connectivity index (χ3n) is 5.32. The quantitative estimate of drug-likeness (QED) is 0.749. The van der Waals surface area contributed by atoms with E-state index in [1.54, 1.807) is 12.4 Å². The summed E-state index contributed by atoms with van der Waals surface area (Å²) in [5, 5.41) is 0. The van der Waals surface area contributed by atoms with Crippen molar-refractivity contribution in [1.82, 2.24) is 9.97 Å². The van der Waals surface area contributed by atoms with E-state index in [0.717, 1.165) is 29.9 Å². The molecule has 4 aliphatic carbocycles. The van der Waals surface area contributed by atoms with Crippen molar-refractivity contribution < 1.29 is 4.79 Å². The minimum atomic E-state index is 0.246. The molecule has 94 valence electrons. The number of hydrogen-bond donors (Lipinski definition) is 0. The van der Waals surface area contributed by atoms with Crippen LogP contribution >= 0.6 is 0 Å². The van der Waals surface area contributed by atoms with Gasteiger partial charge in [-0.05, 0) is 56.3 Å². The van der Waals surface area contributed by atoms with Gasteiger partial charge in [0.1, 0.15) is 5.82 Å². The molecule has 5 rings (SSSR count). The van der Waals surface area contributed by atoms with Crippen LogP contribution in [-0.4, -0.2) is 16.3 Å². The van der Waals surface area contributed by atoms with Crippen molar-refractivity contribution in [2.45, 2.75) is 43.9 Å². The second-order valence-corrected chi connectivity index (χ2v) is 6.66. The van der Waals surface area contributed by atoms with Crippen molar-refractivity contribution in [2.75, 3.05) is 0 Å². The van der Waals surface area contributed by atoms with Crippen molar-refractivity contribution in [3.05, 3.63) is 23.8 Å². The van der Waals surface area contributed by atoms with Crippen LogP contribution in [0.2, 0.25) is 0 Å². The molecule has 4 fully saturated rings. The third-order valence-corrected chi connectivity index (χ3v) is 5.32. The molecule has 4 bridgehead atoms. The molecule has 0 saturated heterocycles. The van der Waals surface area contributed by atoms with Gasteiger partial charge in [-0.2, -0.15) is 0 Å². The molecule has 0 radical (unpaired) electrons. The van der Waals surface area contributed by atoms with E-state index in [0.29, 0.717) is 5.56 Å². The Balaban J connectivity index is 1.72. The molecule has 18 heavy (non-hydrogen) atoms. The van der Waals surface area contributed by atoms with E-state index in [4.69, 9.17) is 0 Å². The smallest absolute Gasteiger partial charge is 0.153 e. The Morgan fingerprint density at radius 2 is 1.50 bits per heavy atom. The second-order valence-electron chi connectivity index (χ2n) is 6.66. The van der Waals surface area contributed by atoms with E-state index in [2.05, 4.69) is 9.97 Å². The minimum Gasteiger partial charge on any atom is -0.298 e. The maximum atomic E-state index is 10.7. The molecule has 0 amide bonds. The van der Waals surface area contributed by atoms with Crippen molar-refractivity contribution >= 4 is 6.29 Å². The van der Waals surface area contributed by atoms with E-state index in [1.165, 1.54) is 38.5 Å². The van der Waals surface area contributed by atoms with E-state index < -0.39 is 0 Å². The Morgan fingerprint density at radius 1 is 1.00 bits per heavy atom. The molecular formula is C15H18N2O. The zero-order valence-electron chi connectivity index (χ0n) is 10.5. The van der Waals surface area contributed by atoms with Gasteiger partial charge < -0.3 is 0 Å². The lowest BCUT2D eigenvalue weighted by Crippen LogP contribution is -2.49. The van der Waals surface area contributed by atoms with Crippen LogP contribution < -0.4 is 0 Å². The van der Waals surface area contributed by atoms with Gasteiger partial charge in [0.2, 0.25) is 0 Å². The lowest BCUT2D eigenvalue weighted by atomic mass is 9.49. The van der Waals surface area contributed by atoms with Crippen molar-refractivity contribution in [2.24, 2.45) is 17.8 Å². The molecule has 3 heteroatoms. The average molecular weight is 242 g/mol. The fraction of sp³-hybridized carbons (Fsp3) is 0.667. The van der Waals surface area contributed by atoms with Crippen LogP contribution in [0.15, 0.2) is 12.4 Å².